The number of carbonyl (C=O) groups excluding carboxylic acids is 1. The molecule has 0 aromatic carbocycles. The summed E-state index contributed by atoms with van der Waals surface area (Å²) < 4.78 is 6.60. The largest absolute Gasteiger partial charge is 0.465 e. The Morgan fingerprint density at radius 2 is 2.21 bits per heavy atom. The molecule has 0 saturated carbocycles. The van der Waals surface area contributed by atoms with Gasteiger partial charge in [-0.1, -0.05) is 0 Å². The summed E-state index contributed by atoms with van der Waals surface area (Å²) in [4.78, 5) is 19.9. The molecule has 3 heterocycles. The smallest absolute Gasteiger partial charge is 0.337 e. The fraction of sp³-hybridized carbons (Fsp3) is 0.0714. The fourth-order valence-corrected chi connectivity index (χ4v) is 1.95. The van der Waals surface area contributed by atoms with Gasteiger partial charge >= 0.3 is 5.97 Å². The highest BCUT2D eigenvalue weighted by Crippen LogP contribution is 2.19. The number of ether oxygens (including phenoxy) is 1. The van der Waals surface area contributed by atoms with Gasteiger partial charge in [0.2, 0.25) is 0 Å². The van der Waals surface area contributed by atoms with E-state index in [2.05, 4.69) is 9.97 Å². The molecule has 0 atom stereocenters. The summed E-state index contributed by atoms with van der Waals surface area (Å²) in [5.74, 6) is 0.436. The van der Waals surface area contributed by atoms with E-state index >= 15 is 0 Å². The topological polar surface area (TPSA) is 56.5 Å². The maximum Gasteiger partial charge on any atom is 0.337 e. The van der Waals surface area contributed by atoms with Gasteiger partial charge in [0.1, 0.15) is 5.82 Å². The molecule has 94 valence electrons. The lowest BCUT2D eigenvalue weighted by molar-refractivity contribution is 0.0601. The lowest BCUT2D eigenvalue weighted by Gasteiger charge is -2.03. The summed E-state index contributed by atoms with van der Waals surface area (Å²) in [5, 5.41) is 0. The molecule has 0 aliphatic rings. The highest BCUT2D eigenvalue weighted by molar-refractivity contribution is 5.90. The van der Waals surface area contributed by atoms with Gasteiger partial charge < -0.3 is 4.74 Å². The molecule has 0 amide bonds. The summed E-state index contributed by atoms with van der Waals surface area (Å²) in [6.45, 7) is 0. The molecule has 0 bridgehead atoms. The highest BCUT2D eigenvalue weighted by atomic mass is 16.5. The van der Waals surface area contributed by atoms with Crippen LogP contribution in [0.4, 0.5) is 0 Å². The Morgan fingerprint density at radius 3 is 2.95 bits per heavy atom. The van der Waals surface area contributed by atoms with Crippen LogP contribution in [0.25, 0.3) is 16.9 Å². The Hall–Kier alpha value is -2.69. The highest BCUT2D eigenvalue weighted by Gasteiger charge is 2.10. The van der Waals surface area contributed by atoms with Crippen molar-refractivity contribution in [3.8, 4) is 11.4 Å². The third-order valence-electron chi connectivity index (χ3n) is 2.87. The third kappa shape index (κ3) is 1.95. The number of rotatable bonds is 2. The molecule has 0 spiro atoms. The number of hydrogen-bond acceptors (Lipinski definition) is 4. The van der Waals surface area contributed by atoms with Crippen LogP contribution in [0.1, 0.15) is 10.4 Å². The van der Waals surface area contributed by atoms with E-state index < -0.39 is 0 Å². The SMILES string of the molecule is COC(=O)c1ccn2c(-c3cccnc3)ncc2c1. The zero-order valence-electron chi connectivity index (χ0n) is 10.3. The van der Waals surface area contributed by atoms with E-state index in [1.165, 1.54) is 7.11 Å². The molecule has 0 radical (unpaired) electrons. The number of hydrogen-bond donors (Lipinski definition) is 0. The number of aromatic nitrogens is 3. The summed E-state index contributed by atoms with van der Waals surface area (Å²) in [5.41, 5.74) is 2.27. The Labute approximate surface area is 109 Å². The monoisotopic (exact) mass is 253 g/mol. The number of methoxy groups -OCH3 is 1. The Bertz CT molecular complexity index is 735. The molecule has 19 heavy (non-hydrogen) atoms. The lowest BCUT2D eigenvalue weighted by atomic mass is 10.2. The van der Waals surface area contributed by atoms with E-state index in [1.54, 1.807) is 36.9 Å². The average Bonchev–Trinajstić information content (AvgIpc) is 2.90. The Morgan fingerprint density at radius 1 is 1.32 bits per heavy atom. The molecule has 3 aromatic rings. The van der Waals surface area contributed by atoms with Crippen molar-refractivity contribution in [1.82, 2.24) is 14.4 Å². The second-order valence-electron chi connectivity index (χ2n) is 4.03. The quantitative estimate of drug-likeness (QED) is 0.657. The second-order valence-corrected chi connectivity index (χ2v) is 4.03. The van der Waals surface area contributed by atoms with E-state index in [0.29, 0.717) is 5.56 Å². The fourth-order valence-electron chi connectivity index (χ4n) is 1.95. The summed E-state index contributed by atoms with van der Waals surface area (Å²) in [6.07, 6.45) is 6.99. The van der Waals surface area contributed by atoms with Gasteiger partial charge in [-0.05, 0) is 24.3 Å². The average molecular weight is 253 g/mol. The predicted molar refractivity (Wildman–Crippen MR) is 69.8 cm³/mol. The van der Waals surface area contributed by atoms with Crippen molar-refractivity contribution in [2.24, 2.45) is 0 Å². The molecule has 0 aliphatic heterocycles. The van der Waals surface area contributed by atoms with Crippen molar-refractivity contribution >= 4 is 11.5 Å². The van der Waals surface area contributed by atoms with Crippen LogP contribution in [0.3, 0.4) is 0 Å². The van der Waals surface area contributed by atoms with Crippen LogP contribution in [0, 0.1) is 0 Å². The zero-order chi connectivity index (χ0) is 13.2. The Balaban J connectivity index is 2.13. The van der Waals surface area contributed by atoms with Gasteiger partial charge in [-0.15, -0.1) is 0 Å². The summed E-state index contributed by atoms with van der Waals surface area (Å²) in [6, 6.07) is 7.26. The molecule has 0 unspecified atom stereocenters. The van der Waals surface area contributed by atoms with Crippen molar-refractivity contribution in [1.29, 1.82) is 0 Å². The minimum atomic E-state index is -0.355. The standard InChI is InChI=1S/C14H11N3O2/c1-19-14(18)10-4-6-17-12(7-10)9-16-13(17)11-3-2-5-15-8-11/h2-9H,1H3. The van der Waals surface area contributed by atoms with Gasteiger partial charge in [0, 0.05) is 24.2 Å². The maximum atomic E-state index is 11.5. The van der Waals surface area contributed by atoms with Crippen LogP contribution >= 0.6 is 0 Å². The molecule has 0 saturated heterocycles. The van der Waals surface area contributed by atoms with E-state index in [1.807, 2.05) is 16.5 Å². The first-order valence-corrected chi connectivity index (χ1v) is 5.75. The van der Waals surface area contributed by atoms with Gasteiger partial charge in [0.15, 0.2) is 0 Å². The molecular formula is C14H11N3O2. The van der Waals surface area contributed by atoms with E-state index in [4.69, 9.17) is 4.74 Å². The van der Waals surface area contributed by atoms with Crippen molar-refractivity contribution in [2.75, 3.05) is 7.11 Å². The number of esters is 1. The van der Waals surface area contributed by atoms with Gasteiger partial charge in [-0.3, -0.25) is 9.38 Å². The molecule has 5 nitrogen and oxygen atoms in total. The van der Waals surface area contributed by atoms with E-state index in [-0.39, 0.29) is 5.97 Å². The molecule has 3 aromatic heterocycles. The molecule has 0 fully saturated rings. The van der Waals surface area contributed by atoms with Crippen molar-refractivity contribution in [2.45, 2.75) is 0 Å². The third-order valence-corrected chi connectivity index (χ3v) is 2.87. The number of pyridine rings is 2. The zero-order valence-corrected chi connectivity index (χ0v) is 10.3. The van der Waals surface area contributed by atoms with Crippen molar-refractivity contribution in [3.63, 3.8) is 0 Å². The van der Waals surface area contributed by atoms with Crippen LogP contribution < -0.4 is 0 Å². The lowest BCUT2D eigenvalue weighted by Crippen LogP contribution is -2.01. The predicted octanol–water partition coefficient (Wildman–Crippen LogP) is 2.18. The second kappa shape index (κ2) is 4.53. The minimum Gasteiger partial charge on any atom is -0.465 e. The normalized spacial score (nSPS) is 10.6. The first-order valence-electron chi connectivity index (χ1n) is 5.75. The number of fused-ring (bicyclic) bond motifs is 1. The number of imidazole rings is 1. The Kier molecular flexibility index (Phi) is 2.72. The minimum absolute atomic E-state index is 0.355. The first kappa shape index (κ1) is 11.4. The summed E-state index contributed by atoms with van der Waals surface area (Å²) in [7, 11) is 1.37. The first-order chi connectivity index (χ1) is 9.29. The number of carbonyl (C=O) groups is 1. The molecule has 3 rings (SSSR count). The van der Waals surface area contributed by atoms with Crippen molar-refractivity contribution in [3.05, 3.63) is 54.6 Å². The maximum absolute atomic E-state index is 11.5. The van der Waals surface area contributed by atoms with Gasteiger partial charge in [-0.2, -0.15) is 0 Å². The van der Waals surface area contributed by atoms with Crippen LogP contribution in [-0.4, -0.2) is 27.4 Å². The van der Waals surface area contributed by atoms with Crippen LogP contribution in [0.5, 0.6) is 0 Å². The summed E-state index contributed by atoms with van der Waals surface area (Å²) >= 11 is 0. The number of nitrogens with zero attached hydrogens (tertiary/aromatic N) is 3. The van der Waals surface area contributed by atoms with Gasteiger partial charge in [-0.25, -0.2) is 9.78 Å². The van der Waals surface area contributed by atoms with Crippen LogP contribution in [0.15, 0.2) is 49.1 Å². The van der Waals surface area contributed by atoms with Gasteiger partial charge in [0.05, 0.1) is 24.4 Å². The van der Waals surface area contributed by atoms with Crippen molar-refractivity contribution < 1.29 is 9.53 Å². The molecule has 0 N–H and O–H groups in total. The van der Waals surface area contributed by atoms with Gasteiger partial charge in [0.25, 0.3) is 0 Å². The van der Waals surface area contributed by atoms with Crippen LogP contribution in [-0.2, 0) is 4.74 Å². The molecule has 0 aliphatic carbocycles. The van der Waals surface area contributed by atoms with E-state index in [0.717, 1.165) is 16.9 Å². The van der Waals surface area contributed by atoms with E-state index in [9.17, 15) is 4.79 Å². The molecular weight excluding hydrogens is 242 g/mol. The molecule has 5 heteroatoms. The van der Waals surface area contributed by atoms with Crippen LogP contribution in [0.2, 0.25) is 0 Å².